The van der Waals surface area contributed by atoms with Crippen molar-refractivity contribution in [3.63, 3.8) is 0 Å². The van der Waals surface area contributed by atoms with Gasteiger partial charge in [0.1, 0.15) is 11.9 Å². The molecule has 1 N–H and O–H groups in total. The van der Waals surface area contributed by atoms with Gasteiger partial charge in [-0.2, -0.15) is 0 Å². The van der Waals surface area contributed by atoms with Crippen molar-refractivity contribution < 1.29 is 13.9 Å². The molecule has 0 spiro atoms. The van der Waals surface area contributed by atoms with E-state index in [4.69, 9.17) is 19.4 Å². The molecule has 210 valence electrons. The molecule has 3 heterocycles. The van der Waals surface area contributed by atoms with E-state index in [0.717, 1.165) is 58.5 Å². The number of hydrogen-bond donors (Lipinski definition) is 1. The Kier molecular flexibility index (Phi) is 8.61. The summed E-state index contributed by atoms with van der Waals surface area (Å²) in [4.78, 5) is 17.5. The molecule has 0 bridgehead atoms. The molecule has 1 aliphatic heterocycles. The predicted octanol–water partition coefficient (Wildman–Crippen LogP) is 7.53. The van der Waals surface area contributed by atoms with Gasteiger partial charge in [-0.15, -0.1) is 11.3 Å². The summed E-state index contributed by atoms with van der Waals surface area (Å²) in [5, 5.41) is 4.17. The van der Waals surface area contributed by atoms with Gasteiger partial charge in [0.05, 0.1) is 28.4 Å². The van der Waals surface area contributed by atoms with Gasteiger partial charge in [0.15, 0.2) is 11.6 Å². The highest BCUT2D eigenvalue weighted by Gasteiger charge is 2.23. The van der Waals surface area contributed by atoms with Crippen LogP contribution in [0.4, 0.5) is 16.0 Å². The SMILES string of the molecule is COc1cccc(-c2nc(C(C)C)sc2-c2ccnc(Nc3ccc(OC4CCN(C(C)C)CC4)c(F)c3)n2)c1. The molecule has 1 aliphatic rings. The molecule has 2 aromatic carbocycles. The number of thiazole rings is 1. The predicted molar refractivity (Wildman–Crippen MR) is 159 cm³/mol. The second kappa shape index (κ2) is 12.3. The minimum Gasteiger partial charge on any atom is -0.497 e. The van der Waals surface area contributed by atoms with Crippen molar-refractivity contribution in [3.8, 4) is 33.3 Å². The van der Waals surface area contributed by atoms with Crippen molar-refractivity contribution in [1.29, 1.82) is 0 Å². The summed E-state index contributed by atoms with van der Waals surface area (Å²) in [5.41, 5.74) is 3.10. The molecule has 40 heavy (non-hydrogen) atoms. The summed E-state index contributed by atoms with van der Waals surface area (Å²) < 4.78 is 26.5. The topological polar surface area (TPSA) is 72.4 Å². The van der Waals surface area contributed by atoms with Gasteiger partial charge < -0.3 is 19.7 Å². The lowest BCUT2D eigenvalue weighted by Gasteiger charge is -2.34. The first-order chi connectivity index (χ1) is 19.3. The summed E-state index contributed by atoms with van der Waals surface area (Å²) in [6.45, 7) is 10.6. The number of anilines is 2. The van der Waals surface area contributed by atoms with E-state index in [1.165, 1.54) is 6.07 Å². The van der Waals surface area contributed by atoms with Gasteiger partial charge in [0.2, 0.25) is 5.95 Å². The number of ether oxygens (including phenoxy) is 2. The minimum absolute atomic E-state index is 0.0252. The molecule has 9 heteroatoms. The maximum atomic E-state index is 15.0. The smallest absolute Gasteiger partial charge is 0.227 e. The number of aromatic nitrogens is 3. The van der Waals surface area contributed by atoms with Crippen molar-refractivity contribution in [1.82, 2.24) is 19.9 Å². The number of nitrogens with one attached hydrogen (secondary N) is 1. The van der Waals surface area contributed by atoms with Gasteiger partial charge in [0, 0.05) is 48.6 Å². The summed E-state index contributed by atoms with van der Waals surface area (Å²) in [6.07, 6.45) is 3.52. The lowest BCUT2D eigenvalue weighted by Crippen LogP contribution is -2.41. The minimum atomic E-state index is -0.406. The van der Waals surface area contributed by atoms with Crippen LogP contribution >= 0.6 is 11.3 Å². The van der Waals surface area contributed by atoms with Crippen LogP contribution in [0.5, 0.6) is 11.5 Å². The Labute approximate surface area is 239 Å². The number of hydrogen-bond acceptors (Lipinski definition) is 8. The summed E-state index contributed by atoms with van der Waals surface area (Å²) in [6, 6.07) is 15.2. The van der Waals surface area contributed by atoms with Crippen LogP contribution in [0.15, 0.2) is 54.7 Å². The van der Waals surface area contributed by atoms with Crippen LogP contribution in [0.25, 0.3) is 21.8 Å². The first-order valence-corrected chi connectivity index (χ1v) is 14.6. The summed E-state index contributed by atoms with van der Waals surface area (Å²) >= 11 is 1.62. The Bertz CT molecular complexity index is 1450. The average Bonchev–Trinajstić information content (AvgIpc) is 3.41. The van der Waals surface area contributed by atoms with Gasteiger partial charge in [-0.1, -0.05) is 26.0 Å². The standard InChI is InChI=1S/C31H36FN5O2S/c1-19(2)30-36-28(21-7-6-8-24(17-21)38-5)29(40-30)26-11-14-33-31(35-26)34-22-9-10-27(25(32)18-22)39-23-12-15-37(16-13-23)20(3)4/h6-11,14,17-20,23H,12-13,15-16H2,1-5H3,(H,33,34,35). The number of methoxy groups -OCH3 is 1. The Morgan fingerprint density at radius 1 is 1.02 bits per heavy atom. The second-order valence-corrected chi connectivity index (χ2v) is 11.6. The Hall–Kier alpha value is -3.56. The normalized spacial score (nSPS) is 14.6. The molecule has 5 rings (SSSR count). The van der Waals surface area contributed by atoms with E-state index in [-0.39, 0.29) is 17.8 Å². The van der Waals surface area contributed by atoms with E-state index in [2.05, 4.69) is 42.9 Å². The van der Waals surface area contributed by atoms with Crippen LogP contribution in [0, 0.1) is 5.82 Å². The highest BCUT2D eigenvalue weighted by atomic mass is 32.1. The molecule has 2 aromatic heterocycles. The lowest BCUT2D eigenvalue weighted by molar-refractivity contribution is 0.0816. The highest BCUT2D eigenvalue weighted by Crippen LogP contribution is 2.39. The quantitative estimate of drug-likeness (QED) is 0.226. The second-order valence-electron chi connectivity index (χ2n) is 10.6. The fourth-order valence-corrected chi connectivity index (χ4v) is 5.82. The van der Waals surface area contributed by atoms with Crippen LogP contribution < -0.4 is 14.8 Å². The van der Waals surface area contributed by atoms with Gasteiger partial charge in [-0.25, -0.2) is 19.3 Å². The number of rotatable bonds is 9. The van der Waals surface area contributed by atoms with Crippen LogP contribution in [0.1, 0.15) is 51.5 Å². The molecule has 0 amide bonds. The maximum absolute atomic E-state index is 15.0. The average molecular weight is 562 g/mol. The Morgan fingerprint density at radius 3 is 2.52 bits per heavy atom. The molecule has 0 atom stereocenters. The van der Waals surface area contributed by atoms with Crippen LogP contribution in [0.2, 0.25) is 0 Å². The fraction of sp³-hybridized carbons (Fsp3) is 0.387. The first-order valence-electron chi connectivity index (χ1n) is 13.8. The van der Waals surface area contributed by atoms with Crippen LogP contribution in [0.3, 0.4) is 0 Å². The van der Waals surface area contributed by atoms with Gasteiger partial charge in [-0.3, -0.25) is 0 Å². The molecule has 1 saturated heterocycles. The summed E-state index contributed by atoms with van der Waals surface area (Å²) in [5.74, 6) is 1.29. The van der Waals surface area contributed by atoms with Crippen molar-refractivity contribution in [2.75, 3.05) is 25.5 Å². The van der Waals surface area contributed by atoms with E-state index >= 15 is 4.39 Å². The number of nitrogens with zero attached hydrogens (tertiary/aromatic N) is 4. The monoisotopic (exact) mass is 561 g/mol. The zero-order chi connectivity index (χ0) is 28.2. The van der Waals surface area contributed by atoms with E-state index < -0.39 is 5.82 Å². The molecular formula is C31H36FN5O2S. The Morgan fingerprint density at radius 2 is 1.82 bits per heavy atom. The zero-order valence-electron chi connectivity index (χ0n) is 23.6. The maximum Gasteiger partial charge on any atom is 0.227 e. The number of likely N-dealkylation sites (tertiary alicyclic amines) is 1. The van der Waals surface area contributed by atoms with Crippen LogP contribution in [-0.4, -0.2) is 52.2 Å². The fourth-order valence-electron chi connectivity index (χ4n) is 4.76. The van der Waals surface area contributed by atoms with Gasteiger partial charge in [0.25, 0.3) is 0 Å². The van der Waals surface area contributed by atoms with E-state index in [9.17, 15) is 0 Å². The summed E-state index contributed by atoms with van der Waals surface area (Å²) in [7, 11) is 1.65. The van der Waals surface area contributed by atoms with Crippen LogP contribution in [-0.2, 0) is 0 Å². The third-order valence-electron chi connectivity index (χ3n) is 7.06. The molecule has 0 unspecified atom stereocenters. The van der Waals surface area contributed by atoms with Gasteiger partial charge in [-0.05, 0) is 57.0 Å². The molecule has 0 saturated carbocycles. The lowest BCUT2D eigenvalue weighted by atomic mass is 10.1. The third kappa shape index (κ3) is 6.42. The third-order valence-corrected chi connectivity index (χ3v) is 8.44. The molecule has 4 aromatic rings. The molecule has 1 fully saturated rings. The van der Waals surface area contributed by atoms with Crippen molar-refractivity contribution in [2.24, 2.45) is 0 Å². The van der Waals surface area contributed by atoms with Crippen molar-refractivity contribution in [2.45, 2.75) is 58.6 Å². The number of benzene rings is 2. The zero-order valence-corrected chi connectivity index (χ0v) is 24.5. The van der Waals surface area contributed by atoms with Gasteiger partial charge >= 0.3 is 0 Å². The number of piperidine rings is 1. The molecular weight excluding hydrogens is 525 g/mol. The first kappa shape index (κ1) is 28.0. The van der Waals surface area contributed by atoms with E-state index in [1.807, 2.05) is 30.3 Å². The van der Waals surface area contributed by atoms with E-state index in [1.54, 1.807) is 36.8 Å². The van der Waals surface area contributed by atoms with Crippen molar-refractivity contribution in [3.05, 3.63) is 65.6 Å². The molecule has 0 radical (unpaired) electrons. The Balaban J connectivity index is 1.34. The number of halogens is 1. The molecule has 7 nitrogen and oxygen atoms in total. The molecule has 0 aliphatic carbocycles. The largest absolute Gasteiger partial charge is 0.497 e. The van der Waals surface area contributed by atoms with Crippen molar-refractivity contribution >= 4 is 23.0 Å². The van der Waals surface area contributed by atoms with E-state index in [0.29, 0.717) is 17.7 Å². The highest BCUT2D eigenvalue weighted by molar-refractivity contribution is 7.15.